The van der Waals surface area contributed by atoms with E-state index in [-0.39, 0.29) is 6.03 Å². The molecule has 0 spiro atoms. The number of piperazine rings is 1. The number of carbonyl (C=O) groups is 1. The Hall–Kier alpha value is -3.42. The van der Waals surface area contributed by atoms with Gasteiger partial charge in [-0.25, -0.2) is 9.78 Å². The fourth-order valence-corrected chi connectivity index (χ4v) is 3.63. The molecule has 1 saturated heterocycles. The second-order valence-electron chi connectivity index (χ2n) is 7.28. The van der Waals surface area contributed by atoms with Crippen LogP contribution in [-0.2, 0) is 0 Å². The summed E-state index contributed by atoms with van der Waals surface area (Å²) < 4.78 is 16.2. The third-order valence-corrected chi connectivity index (χ3v) is 5.51. The number of ether oxygens (including phenoxy) is 3. The summed E-state index contributed by atoms with van der Waals surface area (Å²) in [5, 5.41) is 0. The lowest BCUT2D eigenvalue weighted by Gasteiger charge is -2.38. The molecule has 8 heteroatoms. The molecule has 2 amide bonds. The third kappa shape index (κ3) is 4.68. The highest BCUT2D eigenvalue weighted by Crippen LogP contribution is 2.31. The molecule has 0 saturated carbocycles. The summed E-state index contributed by atoms with van der Waals surface area (Å²) in [7, 11) is 6.57. The number of methoxy groups -OCH3 is 3. The van der Waals surface area contributed by atoms with Gasteiger partial charge in [-0.05, 0) is 18.6 Å². The molecule has 31 heavy (non-hydrogen) atoms. The second kappa shape index (κ2) is 9.59. The Labute approximate surface area is 183 Å². The molecular formula is C23H30N4O4. The number of hydrogen-bond donors (Lipinski definition) is 0. The topological polar surface area (TPSA) is 67.4 Å². The van der Waals surface area contributed by atoms with Gasteiger partial charge in [0.15, 0.2) is 0 Å². The quantitative estimate of drug-likeness (QED) is 0.705. The van der Waals surface area contributed by atoms with Crippen molar-refractivity contribution < 1.29 is 19.0 Å². The number of aromatic nitrogens is 1. The van der Waals surface area contributed by atoms with Crippen molar-refractivity contribution in [2.24, 2.45) is 0 Å². The maximum absolute atomic E-state index is 13.2. The van der Waals surface area contributed by atoms with Crippen LogP contribution in [-0.4, -0.2) is 70.5 Å². The molecule has 3 rings (SSSR count). The van der Waals surface area contributed by atoms with Gasteiger partial charge in [0, 0.05) is 62.8 Å². The number of hydrogen-bond acceptors (Lipinski definition) is 6. The van der Waals surface area contributed by atoms with Crippen molar-refractivity contribution in [1.82, 2.24) is 9.88 Å². The van der Waals surface area contributed by atoms with Gasteiger partial charge in [-0.3, -0.25) is 4.90 Å². The molecule has 1 aromatic heterocycles. The highest BCUT2D eigenvalue weighted by Gasteiger charge is 2.27. The number of pyridine rings is 1. The van der Waals surface area contributed by atoms with Gasteiger partial charge in [0.05, 0.1) is 21.3 Å². The van der Waals surface area contributed by atoms with Crippen molar-refractivity contribution >= 4 is 23.5 Å². The van der Waals surface area contributed by atoms with Crippen molar-refractivity contribution in [1.29, 1.82) is 0 Å². The molecule has 0 N–H and O–H groups in total. The lowest BCUT2D eigenvalue weighted by Crippen LogP contribution is -2.52. The molecule has 0 aliphatic carbocycles. The van der Waals surface area contributed by atoms with Gasteiger partial charge >= 0.3 is 6.03 Å². The third-order valence-electron chi connectivity index (χ3n) is 5.51. The van der Waals surface area contributed by atoms with Crippen molar-refractivity contribution in [3.8, 4) is 17.4 Å². The standard InChI is InChI=1S/C23H30N4O4/c1-7-17-12-21(22(31-6)24-16(17)2)25(3)23(28)27-10-8-26(9-11-27)18-13-19(29-4)15-20(14-18)30-5/h7,12-15H,1,8-11H2,2-6H3. The van der Waals surface area contributed by atoms with Crippen LogP contribution in [0.1, 0.15) is 11.3 Å². The number of benzene rings is 1. The average molecular weight is 427 g/mol. The number of amides is 2. The molecule has 1 aliphatic heterocycles. The van der Waals surface area contributed by atoms with Gasteiger partial charge in [-0.15, -0.1) is 0 Å². The lowest BCUT2D eigenvalue weighted by molar-refractivity contribution is 0.202. The van der Waals surface area contributed by atoms with E-state index in [1.54, 1.807) is 39.4 Å². The van der Waals surface area contributed by atoms with Crippen molar-refractivity contribution in [2.45, 2.75) is 6.92 Å². The summed E-state index contributed by atoms with van der Waals surface area (Å²) in [5.74, 6) is 1.90. The molecule has 0 atom stereocenters. The molecule has 1 aromatic carbocycles. The van der Waals surface area contributed by atoms with Crippen molar-refractivity contribution in [2.75, 3.05) is 64.4 Å². The van der Waals surface area contributed by atoms with Crippen LogP contribution in [0.25, 0.3) is 6.08 Å². The number of aryl methyl sites for hydroxylation is 1. The minimum absolute atomic E-state index is 0.0955. The number of nitrogens with zero attached hydrogens (tertiary/aromatic N) is 4. The molecular weight excluding hydrogens is 396 g/mol. The van der Waals surface area contributed by atoms with Crippen LogP contribution >= 0.6 is 0 Å². The van der Waals surface area contributed by atoms with E-state index in [1.807, 2.05) is 36.1 Å². The number of carbonyl (C=O) groups excluding carboxylic acids is 1. The van der Waals surface area contributed by atoms with E-state index < -0.39 is 0 Å². The summed E-state index contributed by atoms with van der Waals surface area (Å²) in [6.07, 6.45) is 1.73. The van der Waals surface area contributed by atoms with E-state index in [0.29, 0.717) is 37.7 Å². The summed E-state index contributed by atoms with van der Waals surface area (Å²) in [4.78, 5) is 23.3. The first kappa shape index (κ1) is 22.3. The molecule has 8 nitrogen and oxygen atoms in total. The summed E-state index contributed by atoms with van der Waals surface area (Å²) in [6, 6.07) is 7.59. The van der Waals surface area contributed by atoms with E-state index in [1.165, 1.54) is 0 Å². The van der Waals surface area contributed by atoms with E-state index >= 15 is 0 Å². The fraction of sp³-hybridized carbons (Fsp3) is 0.391. The van der Waals surface area contributed by atoms with Crippen molar-refractivity contribution in [3.63, 3.8) is 0 Å². The maximum Gasteiger partial charge on any atom is 0.324 e. The fourth-order valence-electron chi connectivity index (χ4n) is 3.63. The predicted octanol–water partition coefficient (Wildman–Crippen LogP) is 3.44. The molecule has 0 bridgehead atoms. The van der Waals surface area contributed by atoms with E-state index in [4.69, 9.17) is 14.2 Å². The maximum atomic E-state index is 13.2. The molecule has 0 unspecified atom stereocenters. The first-order valence-electron chi connectivity index (χ1n) is 10.1. The minimum Gasteiger partial charge on any atom is -0.497 e. The zero-order valence-electron chi connectivity index (χ0n) is 18.8. The summed E-state index contributed by atoms with van der Waals surface area (Å²) >= 11 is 0. The Kier molecular flexibility index (Phi) is 6.89. The normalized spacial score (nSPS) is 13.6. The van der Waals surface area contributed by atoms with Crippen LogP contribution in [0.15, 0.2) is 30.8 Å². The predicted molar refractivity (Wildman–Crippen MR) is 123 cm³/mol. The highest BCUT2D eigenvalue weighted by molar-refractivity contribution is 5.93. The van der Waals surface area contributed by atoms with Crippen LogP contribution in [0, 0.1) is 6.92 Å². The molecule has 0 radical (unpaired) electrons. The van der Waals surface area contributed by atoms with Crippen LogP contribution in [0.2, 0.25) is 0 Å². The number of rotatable bonds is 6. The Morgan fingerprint density at radius 1 is 1.03 bits per heavy atom. The highest BCUT2D eigenvalue weighted by atomic mass is 16.5. The minimum atomic E-state index is -0.0955. The first-order chi connectivity index (χ1) is 14.9. The Morgan fingerprint density at radius 2 is 1.65 bits per heavy atom. The Bertz CT molecular complexity index is 933. The van der Waals surface area contributed by atoms with Crippen LogP contribution in [0.5, 0.6) is 17.4 Å². The Balaban J connectivity index is 1.73. The summed E-state index contributed by atoms with van der Waals surface area (Å²) in [6.45, 7) is 8.32. The number of anilines is 2. The van der Waals surface area contributed by atoms with Crippen LogP contribution < -0.4 is 24.0 Å². The molecule has 2 heterocycles. The SMILES string of the molecule is C=Cc1cc(N(C)C(=O)N2CCN(c3cc(OC)cc(OC)c3)CC2)c(OC)nc1C. The zero-order chi connectivity index (χ0) is 22.5. The van der Waals surface area contributed by atoms with Gasteiger partial charge in [-0.2, -0.15) is 0 Å². The van der Waals surface area contributed by atoms with Crippen LogP contribution in [0.3, 0.4) is 0 Å². The lowest BCUT2D eigenvalue weighted by atomic mass is 10.2. The number of urea groups is 1. The van der Waals surface area contributed by atoms with Crippen molar-refractivity contribution in [3.05, 3.63) is 42.1 Å². The van der Waals surface area contributed by atoms with Gasteiger partial charge in [-0.1, -0.05) is 12.7 Å². The molecule has 166 valence electrons. The monoisotopic (exact) mass is 426 g/mol. The molecule has 2 aromatic rings. The van der Waals surface area contributed by atoms with E-state index in [2.05, 4.69) is 16.5 Å². The second-order valence-corrected chi connectivity index (χ2v) is 7.28. The van der Waals surface area contributed by atoms with Gasteiger partial charge in [0.1, 0.15) is 17.2 Å². The average Bonchev–Trinajstić information content (AvgIpc) is 2.82. The molecule has 1 aliphatic rings. The van der Waals surface area contributed by atoms with Gasteiger partial charge < -0.3 is 24.0 Å². The molecule has 1 fully saturated rings. The Morgan fingerprint density at radius 3 is 2.16 bits per heavy atom. The van der Waals surface area contributed by atoms with Crippen LogP contribution in [0.4, 0.5) is 16.2 Å². The largest absolute Gasteiger partial charge is 0.497 e. The zero-order valence-corrected chi connectivity index (χ0v) is 18.8. The van der Waals surface area contributed by atoms with Gasteiger partial charge in [0.25, 0.3) is 0 Å². The van der Waals surface area contributed by atoms with E-state index in [9.17, 15) is 4.79 Å². The van der Waals surface area contributed by atoms with E-state index in [0.717, 1.165) is 28.4 Å². The van der Waals surface area contributed by atoms with Gasteiger partial charge in [0.2, 0.25) is 5.88 Å². The summed E-state index contributed by atoms with van der Waals surface area (Å²) in [5.41, 5.74) is 3.30. The first-order valence-corrected chi connectivity index (χ1v) is 10.1. The smallest absolute Gasteiger partial charge is 0.324 e.